The second-order valence-corrected chi connectivity index (χ2v) is 26.4. The van der Waals surface area contributed by atoms with Crippen molar-refractivity contribution in [2.75, 3.05) is 19.8 Å². The van der Waals surface area contributed by atoms with E-state index < -0.39 is 49.5 Å². The van der Waals surface area contributed by atoms with Gasteiger partial charge in [0.05, 0.1) is 32.0 Å². The molecule has 1 fully saturated rings. The fourth-order valence-corrected chi connectivity index (χ4v) is 12.1. The second-order valence-electron chi connectivity index (χ2n) is 26.4. The molecule has 0 spiro atoms. The first-order chi connectivity index (χ1) is 42.2. The summed E-state index contributed by atoms with van der Waals surface area (Å²) in [4.78, 5) is 25.1. The molecule has 508 valence electrons. The Labute approximate surface area is 531 Å². The highest BCUT2D eigenvalue weighted by Gasteiger charge is 2.44. The molecule has 1 amide bonds. The number of aliphatic hydroxyl groups excluding tert-OH is 5. The van der Waals surface area contributed by atoms with Gasteiger partial charge in [-0.15, -0.1) is 0 Å². The van der Waals surface area contributed by atoms with Crippen molar-refractivity contribution in [3.05, 3.63) is 24.3 Å². The van der Waals surface area contributed by atoms with Crippen molar-refractivity contribution in [1.29, 1.82) is 0 Å². The zero-order chi connectivity index (χ0) is 62.3. The van der Waals surface area contributed by atoms with Crippen molar-refractivity contribution in [2.24, 2.45) is 0 Å². The Morgan fingerprint density at radius 3 is 1.12 bits per heavy atom. The quantitative estimate of drug-likeness (QED) is 0.0195. The number of rotatable bonds is 67. The fourth-order valence-electron chi connectivity index (χ4n) is 12.1. The third-order valence-corrected chi connectivity index (χ3v) is 18.1. The van der Waals surface area contributed by atoms with Gasteiger partial charge < -0.3 is 45.1 Å². The number of carbonyl (C=O) groups is 2. The van der Waals surface area contributed by atoms with Gasteiger partial charge in [0.2, 0.25) is 5.91 Å². The normalized spacial score (nSPS) is 18.0. The summed E-state index contributed by atoms with van der Waals surface area (Å²) in [5, 5.41) is 54.5. The van der Waals surface area contributed by atoms with Crippen molar-refractivity contribution >= 4 is 11.9 Å². The number of unbranched alkanes of at least 4 members (excludes halogenated alkanes) is 51. The number of amides is 1. The lowest BCUT2D eigenvalue weighted by molar-refractivity contribution is -0.302. The Morgan fingerprint density at radius 1 is 0.419 bits per heavy atom. The minimum absolute atomic E-state index is 0.0128. The molecule has 6 N–H and O–H groups in total. The van der Waals surface area contributed by atoms with E-state index in [1.165, 1.54) is 302 Å². The summed E-state index contributed by atoms with van der Waals surface area (Å²) < 4.78 is 16.8. The third-order valence-electron chi connectivity index (χ3n) is 18.1. The van der Waals surface area contributed by atoms with E-state index in [-0.39, 0.29) is 18.5 Å². The van der Waals surface area contributed by atoms with Gasteiger partial charge in [0, 0.05) is 12.8 Å². The van der Waals surface area contributed by atoms with E-state index in [2.05, 4.69) is 31.3 Å². The van der Waals surface area contributed by atoms with Crippen LogP contribution >= 0.6 is 0 Å². The maximum absolute atomic E-state index is 13.1. The molecule has 0 aromatic rings. The summed E-state index contributed by atoms with van der Waals surface area (Å²) in [6, 6.07) is -0.807. The Morgan fingerprint density at radius 2 is 0.744 bits per heavy atom. The average Bonchev–Trinajstić information content (AvgIpc) is 3.69. The lowest BCUT2D eigenvalue weighted by Crippen LogP contribution is -2.60. The molecule has 1 heterocycles. The van der Waals surface area contributed by atoms with Crippen LogP contribution in [0, 0.1) is 0 Å². The van der Waals surface area contributed by atoms with E-state index in [0.29, 0.717) is 19.4 Å². The first kappa shape index (κ1) is 82.2. The first-order valence-electron chi connectivity index (χ1n) is 37.6. The Hall–Kier alpha value is -1.86. The van der Waals surface area contributed by atoms with E-state index in [4.69, 9.17) is 14.2 Å². The molecular formula is C75H143NO10. The van der Waals surface area contributed by atoms with Crippen LogP contribution in [-0.4, -0.2) is 100 Å². The predicted molar refractivity (Wildman–Crippen MR) is 361 cm³/mol. The van der Waals surface area contributed by atoms with Crippen LogP contribution in [0.1, 0.15) is 380 Å². The molecule has 7 atom stereocenters. The molecule has 1 saturated heterocycles. The number of hydrogen-bond acceptors (Lipinski definition) is 10. The van der Waals surface area contributed by atoms with Crippen molar-refractivity contribution in [2.45, 2.75) is 423 Å². The summed E-state index contributed by atoms with van der Waals surface area (Å²) >= 11 is 0. The maximum Gasteiger partial charge on any atom is 0.305 e. The van der Waals surface area contributed by atoms with E-state index >= 15 is 0 Å². The van der Waals surface area contributed by atoms with E-state index in [1.54, 1.807) is 6.08 Å². The number of aliphatic hydroxyl groups is 5. The highest BCUT2D eigenvalue weighted by molar-refractivity contribution is 5.76. The van der Waals surface area contributed by atoms with Gasteiger partial charge in [-0.05, 0) is 57.8 Å². The molecule has 1 aliphatic rings. The second kappa shape index (κ2) is 64.7. The lowest BCUT2D eigenvalue weighted by Gasteiger charge is -2.40. The highest BCUT2D eigenvalue weighted by Crippen LogP contribution is 2.24. The van der Waals surface area contributed by atoms with Crippen LogP contribution in [0.4, 0.5) is 0 Å². The van der Waals surface area contributed by atoms with Crippen LogP contribution in [0.25, 0.3) is 0 Å². The van der Waals surface area contributed by atoms with Gasteiger partial charge in [-0.25, -0.2) is 0 Å². The standard InChI is InChI=1S/C75H143NO10/c1-3-5-7-9-11-13-15-38-41-45-49-53-57-61-68(78)67(66-85-75-74(83)73(82)72(81)69(65-77)86-75)76-70(79)62-58-54-50-46-42-39-36-34-32-30-28-26-24-22-20-18-17-19-21-23-25-27-29-31-33-35-37-40-44-48-52-56-60-64-84-71(80)63-59-55-51-47-43-16-14-12-10-8-6-4-2/h21,23,57,61,67-69,72-75,77-78,81-83H,3-20,22,24-56,58-60,62-66H2,1-2H3,(H,76,79)/b23-21-,61-57+. The number of nitrogens with one attached hydrogen (secondary N) is 1. The lowest BCUT2D eigenvalue weighted by atomic mass is 9.99. The summed E-state index contributed by atoms with van der Waals surface area (Å²) in [5.74, 6) is -0.163. The number of esters is 1. The molecule has 86 heavy (non-hydrogen) atoms. The molecule has 7 unspecified atom stereocenters. The van der Waals surface area contributed by atoms with Crippen molar-refractivity contribution in [3.63, 3.8) is 0 Å². The minimum Gasteiger partial charge on any atom is -0.466 e. The fraction of sp³-hybridized carbons (Fsp3) is 0.920. The van der Waals surface area contributed by atoms with Gasteiger partial charge >= 0.3 is 5.97 Å². The molecule has 0 aromatic carbocycles. The van der Waals surface area contributed by atoms with Crippen LogP contribution in [0.3, 0.4) is 0 Å². The topological polar surface area (TPSA) is 175 Å². The molecular weight excluding hydrogens is 1070 g/mol. The summed E-state index contributed by atoms with van der Waals surface area (Å²) in [6.07, 6.45) is 71.8. The molecule has 1 rings (SSSR count). The molecule has 11 heteroatoms. The largest absolute Gasteiger partial charge is 0.466 e. The zero-order valence-corrected chi connectivity index (χ0v) is 56.6. The van der Waals surface area contributed by atoms with Crippen molar-refractivity contribution < 1.29 is 49.3 Å². The molecule has 1 aliphatic heterocycles. The first-order valence-corrected chi connectivity index (χ1v) is 37.6. The Balaban J connectivity index is 1.94. The monoisotopic (exact) mass is 1220 g/mol. The van der Waals surface area contributed by atoms with Crippen LogP contribution in [-0.2, 0) is 23.8 Å². The van der Waals surface area contributed by atoms with Gasteiger partial charge in [-0.1, -0.05) is 334 Å². The van der Waals surface area contributed by atoms with Crippen LogP contribution < -0.4 is 5.32 Å². The smallest absolute Gasteiger partial charge is 0.305 e. The molecule has 0 saturated carbocycles. The van der Waals surface area contributed by atoms with Crippen molar-refractivity contribution in [1.82, 2.24) is 5.32 Å². The predicted octanol–water partition coefficient (Wildman–Crippen LogP) is 19.6. The summed E-state index contributed by atoms with van der Waals surface area (Å²) in [6.45, 7) is 4.39. The van der Waals surface area contributed by atoms with Gasteiger partial charge in [-0.2, -0.15) is 0 Å². The highest BCUT2D eigenvalue weighted by atomic mass is 16.7. The maximum atomic E-state index is 13.1. The molecule has 0 bridgehead atoms. The zero-order valence-electron chi connectivity index (χ0n) is 56.6. The molecule has 0 aromatic heterocycles. The SMILES string of the molecule is CCCCCCCCCCCCC/C=C/C(O)C(COC1OC(CO)C(O)C(O)C1O)NC(=O)CCCCCCCCCCCCCCCCCCC/C=C\CCCCCCCCCCCCCCOC(=O)CCCCCCCCCCCCCC. The molecule has 11 nitrogen and oxygen atoms in total. The average molecular weight is 1220 g/mol. The van der Waals surface area contributed by atoms with Gasteiger partial charge in [0.15, 0.2) is 6.29 Å². The summed E-state index contributed by atoms with van der Waals surface area (Å²) in [5.41, 5.74) is 0. The van der Waals surface area contributed by atoms with Crippen LogP contribution in [0.5, 0.6) is 0 Å². The van der Waals surface area contributed by atoms with Crippen LogP contribution in [0.2, 0.25) is 0 Å². The number of hydrogen-bond donors (Lipinski definition) is 6. The van der Waals surface area contributed by atoms with Gasteiger partial charge in [0.1, 0.15) is 24.4 Å². The van der Waals surface area contributed by atoms with E-state index in [1.807, 2.05) is 6.08 Å². The number of allylic oxidation sites excluding steroid dienone is 3. The number of ether oxygens (including phenoxy) is 3. The Bertz CT molecular complexity index is 1480. The third kappa shape index (κ3) is 52.9. The Kier molecular flexibility index (Phi) is 61.8. The van der Waals surface area contributed by atoms with Gasteiger partial charge in [0.25, 0.3) is 0 Å². The van der Waals surface area contributed by atoms with E-state index in [0.717, 1.165) is 51.4 Å². The summed E-state index contributed by atoms with van der Waals surface area (Å²) in [7, 11) is 0. The number of carbonyl (C=O) groups excluding carboxylic acids is 2. The van der Waals surface area contributed by atoms with Crippen molar-refractivity contribution in [3.8, 4) is 0 Å². The minimum atomic E-state index is -1.57. The molecule has 0 radical (unpaired) electrons. The van der Waals surface area contributed by atoms with Crippen LogP contribution in [0.15, 0.2) is 24.3 Å². The van der Waals surface area contributed by atoms with Gasteiger partial charge in [-0.3, -0.25) is 9.59 Å². The molecule has 0 aliphatic carbocycles. The van der Waals surface area contributed by atoms with E-state index in [9.17, 15) is 35.1 Å².